The Balaban J connectivity index is 3.37. The van der Waals surface area contributed by atoms with Gasteiger partial charge in [0.1, 0.15) is 0 Å². The zero-order valence-corrected chi connectivity index (χ0v) is 32.8. The van der Waals surface area contributed by atoms with E-state index in [0.717, 1.165) is 17.7 Å². The van der Waals surface area contributed by atoms with E-state index in [4.69, 9.17) is 12.3 Å². The molecule has 1 aromatic rings. The molecule has 2 unspecified atom stereocenters. The molecule has 0 amide bonds. The van der Waals surface area contributed by atoms with E-state index in [1.165, 1.54) is 0 Å². The van der Waals surface area contributed by atoms with Gasteiger partial charge in [-0.25, -0.2) is 0 Å². The van der Waals surface area contributed by atoms with Gasteiger partial charge >= 0.3 is 41.0 Å². The van der Waals surface area contributed by atoms with Crippen LogP contribution < -0.4 is 5.19 Å². The first-order valence-corrected chi connectivity index (χ1v) is 27.2. The summed E-state index contributed by atoms with van der Waals surface area (Å²) in [5.74, 6) is -4.66. The zero-order chi connectivity index (χ0) is 35.3. The van der Waals surface area contributed by atoms with E-state index in [1.54, 1.807) is 0 Å². The highest BCUT2D eigenvalue weighted by atomic mass is 28.5. The molecule has 0 fully saturated rings. The van der Waals surface area contributed by atoms with E-state index >= 15 is 0 Å². The topological polar surface area (TPSA) is 177 Å². The molecule has 46 heavy (non-hydrogen) atoms. The third-order valence-corrected chi connectivity index (χ3v) is 24.6. The maximum atomic E-state index is 11.4. The molecule has 0 aliphatic heterocycles. The minimum absolute atomic E-state index is 0.207. The second-order valence-electron chi connectivity index (χ2n) is 14.4. The second kappa shape index (κ2) is 18.4. The number of hydrogen-bond acceptors (Lipinski definition) is 7. The van der Waals surface area contributed by atoms with Gasteiger partial charge in [-0.15, -0.1) is 0 Å². The Morgan fingerprint density at radius 2 is 0.978 bits per heavy atom. The molecule has 0 bridgehead atoms. The molecule has 0 saturated heterocycles. The SMILES string of the molecule is CC(C)CC[Si](C)(O[Si](C)(C)CCC(CC(=O)O)CC(=O)O)O[Si](C)(O[Si](C)(C)CCC(CC(=O)O)CC(=O)O)c1ccccc1. The summed E-state index contributed by atoms with van der Waals surface area (Å²) in [7, 11) is -11.1. The van der Waals surface area contributed by atoms with Crippen molar-refractivity contribution >= 4 is 62.8 Å². The third kappa shape index (κ3) is 17.1. The van der Waals surface area contributed by atoms with Crippen LogP contribution in [0.25, 0.3) is 0 Å². The van der Waals surface area contributed by atoms with Gasteiger partial charge in [0.25, 0.3) is 0 Å². The Bertz CT molecular complexity index is 1120. The number of aliphatic carboxylic acids is 4. The molecule has 262 valence electrons. The Morgan fingerprint density at radius 1 is 0.587 bits per heavy atom. The van der Waals surface area contributed by atoms with Gasteiger partial charge in [0, 0.05) is 25.7 Å². The summed E-state index contributed by atoms with van der Waals surface area (Å²) in [4.78, 5) is 45.6. The quantitative estimate of drug-likeness (QED) is 0.0864. The normalized spacial score (nSPS) is 15.1. The lowest BCUT2D eigenvalue weighted by molar-refractivity contribution is -0.142. The number of carboxylic acid groups (broad SMARTS) is 4. The lowest BCUT2D eigenvalue weighted by atomic mass is 9.99. The predicted molar refractivity (Wildman–Crippen MR) is 187 cm³/mol. The van der Waals surface area contributed by atoms with Crippen molar-refractivity contribution in [1.82, 2.24) is 0 Å². The van der Waals surface area contributed by atoms with Gasteiger partial charge in [-0.05, 0) is 99.6 Å². The van der Waals surface area contributed by atoms with Crippen LogP contribution in [0, 0.1) is 17.8 Å². The van der Waals surface area contributed by atoms with E-state index in [9.17, 15) is 39.6 Å². The van der Waals surface area contributed by atoms with Crippen LogP contribution in [0.15, 0.2) is 30.3 Å². The molecular formula is C31H56O11Si4. The van der Waals surface area contributed by atoms with Crippen molar-refractivity contribution in [2.75, 3.05) is 0 Å². The second-order valence-corrected chi connectivity index (χ2v) is 30.1. The van der Waals surface area contributed by atoms with Gasteiger partial charge < -0.3 is 32.8 Å². The summed E-state index contributed by atoms with van der Waals surface area (Å²) >= 11 is 0. The van der Waals surface area contributed by atoms with Crippen molar-refractivity contribution in [1.29, 1.82) is 0 Å². The largest absolute Gasteiger partial charge is 0.481 e. The Morgan fingerprint density at radius 3 is 1.35 bits per heavy atom. The van der Waals surface area contributed by atoms with Crippen LogP contribution in [0.3, 0.4) is 0 Å². The zero-order valence-electron chi connectivity index (χ0n) is 28.8. The molecular weight excluding hydrogens is 661 g/mol. The number of benzene rings is 1. The number of rotatable bonds is 24. The fourth-order valence-electron chi connectivity index (χ4n) is 5.82. The molecule has 0 aromatic heterocycles. The summed E-state index contributed by atoms with van der Waals surface area (Å²) in [6.07, 6.45) is 0.888. The summed E-state index contributed by atoms with van der Waals surface area (Å²) in [5, 5.41) is 38.3. The lowest BCUT2D eigenvalue weighted by Gasteiger charge is -2.44. The monoisotopic (exact) mass is 716 g/mol. The first-order chi connectivity index (χ1) is 21.1. The number of carbonyl (C=O) groups is 4. The van der Waals surface area contributed by atoms with Crippen LogP contribution in [0.2, 0.25) is 57.4 Å². The molecule has 1 rings (SSSR count). The van der Waals surface area contributed by atoms with Crippen LogP contribution in [-0.4, -0.2) is 78.1 Å². The summed E-state index contributed by atoms with van der Waals surface area (Å²) < 4.78 is 21.4. The molecule has 0 radical (unpaired) electrons. The first-order valence-electron chi connectivity index (χ1n) is 16.1. The van der Waals surface area contributed by atoms with Crippen molar-refractivity contribution < 1.29 is 51.9 Å². The van der Waals surface area contributed by atoms with E-state index in [2.05, 4.69) is 46.6 Å². The van der Waals surface area contributed by atoms with Crippen LogP contribution in [-0.2, 0) is 31.5 Å². The predicted octanol–water partition coefficient (Wildman–Crippen LogP) is 6.46. The minimum atomic E-state index is -3.16. The summed E-state index contributed by atoms with van der Waals surface area (Å²) in [5.41, 5.74) is 0. The van der Waals surface area contributed by atoms with Gasteiger partial charge in [0.15, 0.2) is 16.6 Å². The van der Waals surface area contributed by atoms with Crippen LogP contribution in [0.1, 0.15) is 58.8 Å². The summed E-state index contributed by atoms with van der Waals surface area (Å²) in [6.45, 7) is 16.6. The Labute approximate surface area is 278 Å². The van der Waals surface area contributed by atoms with E-state index in [1.807, 2.05) is 36.9 Å². The molecule has 0 spiro atoms. The van der Waals surface area contributed by atoms with Gasteiger partial charge in [-0.2, -0.15) is 0 Å². The molecule has 4 N–H and O–H groups in total. The molecule has 0 heterocycles. The van der Waals surface area contributed by atoms with Crippen LogP contribution in [0.5, 0.6) is 0 Å². The average Bonchev–Trinajstić information content (AvgIpc) is 2.88. The van der Waals surface area contributed by atoms with E-state index < -0.39 is 69.5 Å². The van der Waals surface area contributed by atoms with Crippen molar-refractivity contribution in [2.24, 2.45) is 17.8 Å². The highest BCUT2D eigenvalue weighted by Crippen LogP contribution is 2.33. The molecule has 0 aliphatic carbocycles. The van der Waals surface area contributed by atoms with Crippen LogP contribution >= 0.6 is 0 Å². The van der Waals surface area contributed by atoms with Gasteiger partial charge in [-0.3, -0.25) is 19.2 Å². The molecule has 2 atom stereocenters. The number of carboxylic acids is 4. The van der Waals surface area contributed by atoms with Crippen molar-refractivity contribution in [3.05, 3.63) is 30.3 Å². The molecule has 11 nitrogen and oxygen atoms in total. The number of hydrogen-bond donors (Lipinski definition) is 4. The van der Waals surface area contributed by atoms with Crippen molar-refractivity contribution in [3.63, 3.8) is 0 Å². The first kappa shape index (κ1) is 41.9. The maximum absolute atomic E-state index is 11.4. The van der Waals surface area contributed by atoms with E-state index in [0.29, 0.717) is 30.8 Å². The highest BCUT2D eigenvalue weighted by molar-refractivity contribution is 6.95. The fourth-order valence-corrected chi connectivity index (χ4v) is 25.8. The minimum Gasteiger partial charge on any atom is -0.481 e. The molecule has 0 aliphatic rings. The van der Waals surface area contributed by atoms with Crippen molar-refractivity contribution in [2.45, 2.75) is 116 Å². The van der Waals surface area contributed by atoms with Crippen LogP contribution in [0.4, 0.5) is 0 Å². The lowest BCUT2D eigenvalue weighted by Crippen LogP contribution is -2.64. The van der Waals surface area contributed by atoms with Gasteiger partial charge in [-0.1, -0.05) is 44.2 Å². The molecule has 15 heteroatoms. The Kier molecular flexibility index (Phi) is 16.8. The van der Waals surface area contributed by atoms with Gasteiger partial charge in [0.2, 0.25) is 0 Å². The molecule has 0 saturated carbocycles. The summed E-state index contributed by atoms with van der Waals surface area (Å²) in [6, 6.07) is 11.7. The standard InChI is InChI=1S/C31H56O11Si4/c1-24(2)14-19-45(7,40-43(3,4)17-15-25(20-28(32)33)21-29(34)35)42-46(8,27-12-10-9-11-13-27)41-44(5,6)18-16-26(22-30(36)37)23-31(38)39/h9-13,24-26H,14-23H2,1-8H3,(H,32,33)(H,34,35)(H,36,37)(H,38,39). The van der Waals surface area contributed by atoms with Crippen molar-refractivity contribution in [3.8, 4) is 0 Å². The Hall–Kier alpha value is -2.15. The maximum Gasteiger partial charge on any atom is 0.350 e. The smallest absolute Gasteiger partial charge is 0.350 e. The fraction of sp³-hybridized carbons (Fsp3) is 0.677. The molecule has 1 aromatic carbocycles. The average molecular weight is 717 g/mol. The third-order valence-electron chi connectivity index (χ3n) is 8.01. The van der Waals surface area contributed by atoms with Gasteiger partial charge in [0.05, 0.1) is 0 Å². The highest BCUT2D eigenvalue weighted by Gasteiger charge is 2.49. The van der Waals surface area contributed by atoms with E-state index in [-0.39, 0.29) is 25.7 Å².